The highest BCUT2D eigenvalue weighted by molar-refractivity contribution is 5.84. The van der Waals surface area contributed by atoms with Crippen molar-refractivity contribution in [2.75, 3.05) is 6.54 Å². The highest BCUT2D eigenvalue weighted by Gasteiger charge is 2.72. The second-order valence-corrected chi connectivity index (χ2v) is 16.6. The molecule has 42 heavy (non-hydrogen) atoms. The van der Waals surface area contributed by atoms with Crippen molar-refractivity contribution in [3.63, 3.8) is 0 Å². The summed E-state index contributed by atoms with van der Waals surface area (Å²) in [6.07, 6.45) is 11.3. The molecule has 0 aliphatic heterocycles. The molecule has 0 radical (unpaired) electrons. The first kappa shape index (κ1) is 31.6. The largest absolute Gasteiger partial charge is 0.481 e. The van der Waals surface area contributed by atoms with E-state index < -0.39 is 5.97 Å². The molecule has 0 bridgehead atoms. The lowest BCUT2D eigenvalue weighted by Crippen LogP contribution is -2.67. The Kier molecular flexibility index (Phi) is 8.00. The zero-order chi connectivity index (χ0) is 30.9. The Labute approximate surface area is 254 Å². The molecule has 0 saturated heterocycles. The molecule has 1 amide bonds. The third kappa shape index (κ3) is 4.50. The maximum Gasteiger partial charge on any atom is 0.303 e. The number of carboxylic acid groups (broad SMARTS) is 1. The molecular formula is C36H57NO5. The Hall–Kier alpha value is -1.85. The number of rotatable bonds is 7. The van der Waals surface area contributed by atoms with Gasteiger partial charge in [-0.3, -0.25) is 14.4 Å². The predicted molar refractivity (Wildman–Crippen MR) is 164 cm³/mol. The second-order valence-electron chi connectivity index (χ2n) is 16.6. The quantitative estimate of drug-likeness (QED) is 0.183. The topological polar surface area (TPSA) is 92.7 Å². The molecule has 236 valence electrons. The summed E-state index contributed by atoms with van der Waals surface area (Å²) in [6, 6.07) is 0. The number of nitrogens with one attached hydrogen (secondary N) is 1. The highest BCUT2D eigenvalue weighted by Crippen LogP contribution is 2.77. The van der Waals surface area contributed by atoms with E-state index >= 15 is 0 Å². The molecule has 1 unspecified atom stereocenters. The van der Waals surface area contributed by atoms with E-state index in [0.29, 0.717) is 42.6 Å². The van der Waals surface area contributed by atoms with Crippen molar-refractivity contribution in [1.82, 2.24) is 5.32 Å². The van der Waals surface area contributed by atoms with Gasteiger partial charge in [-0.05, 0) is 123 Å². The third-order valence-electron chi connectivity index (χ3n) is 14.6. The van der Waals surface area contributed by atoms with Gasteiger partial charge in [0.15, 0.2) is 0 Å². The number of aliphatic carboxylic acids is 1. The zero-order valence-electron chi connectivity index (χ0n) is 27.4. The van der Waals surface area contributed by atoms with Crippen molar-refractivity contribution < 1.29 is 24.2 Å². The molecule has 5 rings (SSSR count). The number of esters is 1. The minimum absolute atomic E-state index is 0.0107. The number of carbonyl (C=O) groups is 3. The van der Waals surface area contributed by atoms with Gasteiger partial charge in [-0.1, -0.05) is 46.8 Å². The van der Waals surface area contributed by atoms with Gasteiger partial charge in [-0.2, -0.15) is 0 Å². The number of allylic oxidation sites excluding steroid dienone is 1. The fourth-order valence-electron chi connectivity index (χ4n) is 12.5. The summed E-state index contributed by atoms with van der Waals surface area (Å²) in [6.45, 7) is 21.1. The van der Waals surface area contributed by atoms with Crippen LogP contribution in [-0.2, 0) is 19.1 Å². The standard InChI is InChI=1S/C36H57NO5/c1-22(2)24-13-18-36(31(41)37-21-9-10-29(39)40)20-19-34(7)25(30(24)36)11-12-27-33(6)16-15-28(42-23(3)38)32(4,5)26(33)14-17-35(27,34)8/h24-28,30H,1,9-21H2,2-8H3,(H,37,41)(H,39,40)/t24-,25+,26-,27?,28-,30+,33-,34+,35+,36-/m0/s1. The lowest BCUT2D eigenvalue weighted by Gasteiger charge is -2.72. The number of hydrogen-bond donors (Lipinski definition) is 2. The second kappa shape index (κ2) is 10.6. The molecule has 0 aromatic rings. The van der Waals surface area contributed by atoms with Gasteiger partial charge in [-0.25, -0.2) is 0 Å². The Balaban J connectivity index is 1.45. The molecule has 2 N–H and O–H groups in total. The van der Waals surface area contributed by atoms with Crippen LogP contribution in [-0.4, -0.2) is 35.6 Å². The Bertz CT molecular complexity index is 1130. The molecule has 0 aromatic carbocycles. The molecule has 5 saturated carbocycles. The van der Waals surface area contributed by atoms with Crippen LogP contribution in [0.15, 0.2) is 12.2 Å². The molecule has 5 aliphatic rings. The smallest absolute Gasteiger partial charge is 0.303 e. The number of amides is 1. The van der Waals surface area contributed by atoms with E-state index in [1.165, 1.54) is 24.8 Å². The molecule has 0 heterocycles. The number of carbonyl (C=O) groups excluding carboxylic acids is 2. The van der Waals surface area contributed by atoms with Crippen molar-refractivity contribution in [1.29, 1.82) is 0 Å². The van der Waals surface area contributed by atoms with E-state index in [0.717, 1.165) is 44.9 Å². The number of carboxylic acids is 1. The fourth-order valence-corrected chi connectivity index (χ4v) is 12.5. The van der Waals surface area contributed by atoms with Crippen molar-refractivity contribution in [2.24, 2.45) is 56.7 Å². The van der Waals surface area contributed by atoms with Crippen molar-refractivity contribution in [3.8, 4) is 0 Å². The molecule has 0 aromatic heterocycles. The highest BCUT2D eigenvalue weighted by atomic mass is 16.5. The van der Waals surface area contributed by atoms with Gasteiger partial charge in [0.1, 0.15) is 6.10 Å². The number of fused-ring (bicyclic) bond motifs is 7. The third-order valence-corrected chi connectivity index (χ3v) is 14.6. The van der Waals surface area contributed by atoms with Crippen LogP contribution in [0.5, 0.6) is 0 Å². The van der Waals surface area contributed by atoms with Gasteiger partial charge in [0.05, 0.1) is 5.41 Å². The SMILES string of the molecule is C=C(C)[C@@H]1CC[C@]2(C(=O)NCCCC(=O)O)CC[C@]3(C)[C@H](CCC4[C@@]5(C)CC[C@H](OC(C)=O)C(C)(C)[C@@H]5CC[C@]43C)[C@@H]12. The van der Waals surface area contributed by atoms with Crippen LogP contribution in [0.25, 0.3) is 0 Å². The van der Waals surface area contributed by atoms with E-state index in [1.807, 2.05) is 0 Å². The number of ether oxygens (including phenoxy) is 1. The summed E-state index contributed by atoms with van der Waals surface area (Å²) in [5.74, 6) is 1.47. The van der Waals surface area contributed by atoms with Gasteiger partial charge in [0.25, 0.3) is 0 Å². The van der Waals surface area contributed by atoms with E-state index in [9.17, 15) is 14.4 Å². The molecular weight excluding hydrogens is 526 g/mol. The monoisotopic (exact) mass is 583 g/mol. The van der Waals surface area contributed by atoms with Gasteiger partial charge < -0.3 is 15.2 Å². The molecule has 0 spiro atoms. The van der Waals surface area contributed by atoms with Gasteiger partial charge in [0, 0.05) is 25.3 Å². The van der Waals surface area contributed by atoms with Crippen LogP contribution in [0.2, 0.25) is 0 Å². The average Bonchev–Trinajstić information content (AvgIpc) is 3.30. The fraction of sp³-hybridized carbons (Fsp3) is 0.861. The summed E-state index contributed by atoms with van der Waals surface area (Å²) < 4.78 is 5.92. The Morgan fingerprint density at radius 2 is 1.57 bits per heavy atom. The van der Waals surface area contributed by atoms with Crippen LogP contribution < -0.4 is 5.32 Å². The van der Waals surface area contributed by atoms with Crippen LogP contribution >= 0.6 is 0 Å². The molecule has 6 heteroatoms. The Morgan fingerprint density at radius 1 is 0.857 bits per heavy atom. The first-order valence-corrected chi connectivity index (χ1v) is 16.9. The lowest BCUT2D eigenvalue weighted by atomic mass is 9.32. The number of hydrogen-bond acceptors (Lipinski definition) is 4. The van der Waals surface area contributed by atoms with E-state index in [1.54, 1.807) is 6.92 Å². The van der Waals surface area contributed by atoms with Gasteiger partial charge >= 0.3 is 11.9 Å². The summed E-state index contributed by atoms with van der Waals surface area (Å²) >= 11 is 0. The van der Waals surface area contributed by atoms with Crippen LogP contribution in [0.4, 0.5) is 0 Å². The molecule has 5 fully saturated rings. The first-order valence-electron chi connectivity index (χ1n) is 16.9. The maximum absolute atomic E-state index is 14.0. The molecule has 10 atom stereocenters. The lowest BCUT2D eigenvalue weighted by molar-refractivity contribution is -0.248. The summed E-state index contributed by atoms with van der Waals surface area (Å²) in [5, 5.41) is 12.3. The predicted octanol–water partition coefficient (Wildman–Crippen LogP) is 7.56. The normalized spacial score (nSPS) is 45.4. The van der Waals surface area contributed by atoms with Crippen molar-refractivity contribution in [2.45, 2.75) is 132 Å². The van der Waals surface area contributed by atoms with Crippen molar-refractivity contribution in [3.05, 3.63) is 12.2 Å². The molecule has 5 aliphatic carbocycles. The van der Waals surface area contributed by atoms with Crippen LogP contribution in [0.1, 0.15) is 126 Å². The van der Waals surface area contributed by atoms with Gasteiger partial charge in [-0.15, -0.1) is 0 Å². The van der Waals surface area contributed by atoms with Crippen molar-refractivity contribution >= 4 is 17.8 Å². The van der Waals surface area contributed by atoms with Gasteiger partial charge in [0.2, 0.25) is 5.91 Å². The Morgan fingerprint density at radius 3 is 2.21 bits per heavy atom. The maximum atomic E-state index is 14.0. The van der Waals surface area contributed by atoms with E-state index in [4.69, 9.17) is 9.84 Å². The van der Waals surface area contributed by atoms with Crippen LogP contribution in [0.3, 0.4) is 0 Å². The average molecular weight is 584 g/mol. The van der Waals surface area contributed by atoms with Crippen LogP contribution in [0, 0.1) is 56.7 Å². The summed E-state index contributed by atoms with van der Waals surface area (Å²) in [4.78, 5) is 37.1. The first-order chi connectivity index (χ1) is 19.5. The van der Waals surface area contributed by atoms with E-state index in [2.05, 4.69) is 53.4 Å². The summed E-state index contributed by atoms with van der Waals surface area (Å²) in [7, 11) is 0. The zero-order valence-corrected chi connectivity index (χ0v) is 27.4. The minimum Gasteiger partial charge on any atom is -0.481 e. The summed E-state index contributed by atoms with van der Waals surface area (Å²) in [5.41, 5.74) is 1.35. The minimum atomic E-state index is -0.811. The molecule has 6 nitrogen and oxygen atoms in total. The van der Waals surface area contributed by atoms with E-state index in [-0.39, 0.29) is 51.5 Å².